The Labute approximate surface area is 119 Å². The van der Waals surface area contributed by atoms with Gasteiger partial charge in [0.05, 0.1) is 17.1 Å². The van der Waals surface area contributed by atoms with Crippen molar-refractivity contribution in [2.45, 2.75) is 45.8 Å². The second-order valence-electron chi connectivity index (χ2n) is 6.11. The third-order valence-electron chi connectivity index (χ3n) is 4.27. The Kier molecular flexibility index (Phi) is 3.42. The second-order valence-corrected chi connectivity index (χ2v) is 6.11. The second kappa shape index (κ2) is 5.09. The average Bonchev–Trinajstić information content (AvgIpc) is 2.95. The van der Waals surface area contributed by atoms with Crippen LogP contribution in [0, 0.1) is 5.92 Å². The van der Waals surface area contributed by atoms with Crippen molar-refractivity contribution in [1.82, 2.24) is 9.55 Å². The Hall–Kier alpha value is -1.55. The number of nitrogen functional groups attached to an aromatic ring is 1. The number of fused-ring (bicyclic) bond motifs is 1. The maximum absolute atomic E-state index is 5.88. The van der Waals surface area contributed by atoms with Gasteiger partial charge in [0.1, 0.15) is 5.82 Å². The van der Waals surface area contributed by atoms with Crippen LogP contribution in [-0.2, 0) is 11.3 Å². The summed E-state index contributed by atoms with van der Waals surface area (Å²) in [5.74, 6) is 2.12. The SMILES string of the molecule is CC(C)c1nc2cc(N)ccc2n1CC1CCOC1C. The van der Waals surface area contributed by atoms with E-state index in [-0.39, 0.29) is 0 Å². The summed E-state index contributed by atoms with van der Waals surface area (Å²) in [5, 5.41) is 0. The lowest BCUT2D eigenvalue weighted by molar-refractivity contribution is 0.102. The molecule has 1 aliphatic rings. The topological polar surface area (TPSA) is 53.1 Å². The number of imidazole rings is 1. The first kappa shape index (κ1) is 13.4. The van der Waals surface area contributed by atoms with Crippen LogP contribution in [0.1, 0.15) is 38.9 Å². The molecule has 0 radical (unpaired) electrons. The van der Waals surface area contributed by atoms with Gasteiger partial charge in [0.25, 0.3) is 0 Å². The highest BCUT2D eigenvalue weighted by molar-refractivity contribution is 5.79. The molecule has 4 nitrogen and oxygen atoms in total. The van der Waals surface area contributed by atoms with Gasteiger partial charge in [0, 0.05) is 30.7 Å². The van der Waals surface area contributed by atoms with Crippen LogP contribution in [0.4, 0.5) is 5.69 Å². The number of aromatic nitrogens is 2. The molecule has 2 atom stereocenters. The molecular formula is C16H23N3O. The van der Waals surface area contributed by atoms with Gasteiger partial charge in [-0.15, -0.1) is 0 Å². The fourth-order valence-electron chi connectivity index (χ4n) is 3.05. The number of anilines is 1. The standard InChI is InChI=1S/C16H23N3O/c1-10(2)16-18-14-8-13(17)4-5-15(14)19(16)9-12-6-7-20-11(12)3/h4-5,8,10-12H,6-7,9,17H2,1-3H3. The van der Waals surface area contributed by atoms with Crippen molar-refractivity contribution in [2.24, 2.45) is 5.92 Å². The lowest BCUT2D eigenvalue weighted by atomic mass is 10.0. The first-order valence-electron chi connectivity index (χ1n) is 7.43. The van der Waals surface area contributed by atoms with Gasteiger partial charge >= 0.3 is 0 Å². The molecule has 1 fully saturated rings. The van der Waals surface area contributed by atoms with Gasteiger partial charge in [-0.05, 0) is 31.5 Å². The van der Waals surface area contributed by atoms with Crippen LogP contribution in [0.2, 0.25) is 0 Å². The van der Waals surface area contributed by atoms with E-state index in [9.17, 15) is 0 Å². The van der Waals surface area contributed by atoms with Crippen molar-refractivity contribution in [3.05, 3.63) is 24.0 Å². The number of hydrogen-bond acceptors (Lipinski definition) is 3. The first-order valence-corrected chi connectivity index (χ1v) is 7.43. The van der Waals surface area contributed by atoms with Crippen LogP contribution in [0.25, 0.3) is 11.0 Å². The van der Waals surface area contributed by atoms with Gasteiger partial charge in [-0.3, -0.25) is 0 Å². The molecule has 3 rings (SSSR count). The predicted molar refractivity (Wildman–Crippen MR) is 81.8 cm³/mol. The molecule has 2 aromatic rings. The molecule has 0 saturated carbocycles. The fraction of sp³-hybridized carbons (Fsp3) is 0.562. The highest BCUT2D eigenvalue weighted by Crippen LogP contribution is 2.28. The van der Waals surface area contributed by atoms with Crippen LogP contribution in [0.3, 0.4) is 0 Å². The summed E-state index contributed by atoms with van der Waals surface area (Å²) < 4.78 is 8.05. The number of hydrogen-bond donors (Lipinski definition) is 1. The van der Waals surface area contributed by atoms with Crippen LogP contribution in [-0.4, -0.2) is 22.3 Å². The molecular weight excluding hydrogens is 250 g/mol. The minimum atomic E-state index is 0.334. The molecule has 20 heavy (non-hydrogen) atoms. The van der Waals surface area contributed by atoms with Crippen LogP contribution < -0.4 is 5.73 Å². The Morgan fingerprint density at radius 1 is 1.45 bits per heavy atom. The Morgan fingerprint density at radius 3 is 2.90 bits per heavy atom. The predicted octanol–water partition coefficient (Wildman–Crippen LogP) is 3.17. The molecule has 2 heterocycles. The van der Waals surface area contributed by atoms with E-state index < -0.39 is 0 Å². The van der Waals surface area contributed by atoms with E-state index in [2.05, 4.69) is 31.4 Å². The van der Waals surface area contributed by atoms with Gasteiger partial charge in [0.2, 0.25) is 0 Å². The maximum Gasteiger partial charge on any atom is 0.112 e. The van der Waals surface area contributed by atoms with Gasteiger partial charge in [-0.2, -0.15) is 0 Å². The third-order valence-corrected chi connectivity index (χ3v) is 4.27. The molecule has 1 aromatic heterocycles. The molecule has 2 N–H and O–H groups in total. The van der Waals surface area contributed by atoms with Crippen molar-refractivity contribution in [2.75, 3.05) is 12.3 Å². The van der Waals surface area contributed by atoms with E-state index in [0.29, 0.717) is 17.9 Å². The highest BCUT2D eigenvalue weighted by atomic mass is 16.5. The molecule has 4 heteroatoms. The molecule has 2 unspecified atom stereocenters. The van der Waals surface area contributed by atoms with E-state index in [1.807, 2.05) is 12.1 Å². The van der Waals surface area contributed by atoms with E-state index in [1.165, 1.54) is 5.52 Å². The average molecular weight is 273 g/mol. The van der Waals surface area contributed by atoms with Crippen LogP contribution in [0.15, 0.2) is 18.2 Å². The van der Waals surface area contributed by atoms with Gasteiger partial charge in [0.15, 0.2) is 0 Å². The summed E-state index contributed by atoms with van der Waals surface area (Å²) in [6.45, 7) is 8.41. The summed E-state index contributed by atoms with van der Waals surface area (Å²) >= 11 is 0. The van der Waals surface area contributed by atoms with Crippen molar-refractivity contribution in [1.29, 1.82) is 0 Å². The number of ether oxygens (including phenoxy) is 1. The molecule has 0 bridgehead atoms. The lowest BCUT2D eigenvalue weighted by Gasteiger charge is -2.18. The maximum atomic E-state index is 5.88. The normalized spacial score (nSPS) is 23.0. The van der Waals surface area contributed by atoms with Gasteiger partial charge in [-0.25, -0.2) is 4.98 Å². The monoisotopic (exact) mass is 273 g/mol. The number of nitrogens with two attached hydrogens (primary N) is 1. The summed E-state index contributed by atoms with van der Waals surface area (Å²) in [4.78, 5) is 4.78. The van der Waals surface area contributed by atoms with E-state index in [1.54, 1.807) is 0 Å². The number of nitrogens with zero attached hydrogens (tertiary/aromatic N) is 2. The van der Waals surface area contributed by atoms with Crippen molar-refractivity contribution in [3.8, 4) is 0 Å². The minimum Gasteiger partial charge on any atom is -0.399 e. The molecule has 1 saturated heterocycles. The van der Waals surface area contributed by atoms with Crippen molar-refractivity contribution >= 4 is 16.7 Å². The van der Waals surface area contributed by atoms with Crippen molar-refractivity contribution < 1.29 is 4.74 Å². The van der Waals surface area contributed by atoms with E-state index in [0.717, 1.165) is 36.6 Å². The van der Waals surface area contributed by atoms with E-state index in [4.69, 9.17) is 15.5 Å². The van der Waals surface area contributed by atoms with Gasteiger partial charge < -0.3 is 15.0 Å². The zero-order valence-corrected chi connectivity index (χ0v) is 12.5. The summed E-state index contributed by atoms with van der Waals surface area (Å²) in [5.41, 5.74) is 8.83. The minimum absolute atomic E-state index is 0.334. The zero-order valence-electron chi connectivity index (χ0n) is 12.5. The largest absolute Gasteiger partial charge is 0.399 e. The smallest absolute Gasteiger partial charge is 0.112 e. The fourth-order valence-corrected chi connectivity index (χ4v) is 3.05. The third kappa shape index (κ3) is 2.29. The molecule has 108 valence electrons. The lowest BCUT2D eigenvalue weighted by Crippen LogP contribution is -2.19. The number of rotatable bonds is 3. The number of benzene rings is 1. The highest BCUT2D eigenvalue weighted by Gasteiger charge is 2.26. The Bertz CT molecular complexity index is 617. The van der Waals surface area contributed by atoms with Crippen LogP contribution in [0.5, 0.6) is 0 Å². The van der Waals surface area contributed by atoms with Crippen molar-refractivity contribution in [3.63, 3.8) is 0 Å². The summed E-state index contributed by atoms with van der Waals surface area (Å²) in [6, 6.07) is 6.01. The Morgan fingerprint density at radius 2 is 2.25 bits per heavy atom. The van der Waals surface area contributed by atoms with Gasteiger partial charge in [-0.1, -0.05) is 13.8 Å². The molecule has 0 amide bonds. The zero-order chi connectivity index (χ0) is 14.3. The molecule has 1 aliphatic heterocycles. The summed E-state index contributed by atoms with van der Waals surface area (Å²) in [6.07, 6.45) is 1.47. The first-order chi connectivity index (χ1) is 9.56. The van der Waals surface area contributed by atoms with Crippen LogP contribution >= 0.6 is 0 Å². The Balaban J connectivity index is 2.04. The van der Waals surface area contributed by atoms with E-state index >= 15 is 0 Å². The quantitative estimate of drug-likeness (QED) is 0.874. The summed E-state index contributed by atoms with van der Waals surface area (Å²) in [7, 11) is 0. The molecule has 0 spiro atoms. The molecule has 0 aliphatic carbocycles. The molecule has 1 aromatic carbocycles.